The minimum atomic E-state index is 0.461. The fourth-order valence-electron chi connectivity index (χ4n) is 1.91. The van der Waals surface area contributed by atoms with Crippen LogP contribution < -0.4 is 5.32 Å². The van der Waals surface area contributed by atoms with Gasteiger partial charge >= 0.3 is 0 Å². The maximum absolute atomic E-state index is 4.37. The Morgan fingerprint density at radius 1 is 1.56 bits per heavy atom. The number of pyridine rings is 1. The van der Waals surface area contributed by atoms with E-state index in [4.69, 9.17) is 0 Å². The van der Waals surface area contributed by atoms with Crippen LogP contribution in [-0.2, 0) is 0 Å². The standard InChI is InChI=1S/C12H17BrN2S/c1-9-6-11(14-7-10(9)13)15-8-12(16-2)4-3-5-12/h6-7H,3-5,8H2,1-2H3,(H,14,15). The summed E-state index contributed by atoms with van der Waals surface area (Å²) < 4.78 is 1.53. The van der Waals surface area contributed by atoms with E-state index in [0.717, 1.165) is 16.8 Å². The highest BCUT2D eigenvalue weighted by Crippen LogP contribution is 2.42. The van der Waals surface area contributed by atoms with Crippen LogP contribution in [0.3, 0.4) is 0 Å². The molecule has 1 aromatic heterocycles. The fraction of sp³-hybridized carbons (Fsp3) is 0.583. The molecule has 0 aromatic carbocycles. The van der Waals surface area contributed by atoms with Crippen molar-refractivity contribution in [3.63, 3.8) is 0 Å². The molecule has 1 saturated carbocycles. The summed E-state index contributed by atoms with van der Waals surface area (Å²) in [5, 5.41) is 3.45. The lowest BCUT2D eigenvalue weighted by molar-refractivity contribution is 0.379. The lowest BCUT2D eigenvalue weighted by Gasteiger charge is -2.40. The molecule has 1 N–H and O–H groups in total. The number of rotatable bonds is 4. The maximum atomic E-state index is 4.37. The average molecular weight is 301 g/mol. The highest BCUT2D eigenvalue weighted by atomic mass is 79.9. The van der Waals surface area contributed by atoms with Crippen LogP contribution in [0.15, 0.2) is 16.7 Å². The molecule has 1 fully saturated rings. The van der Waals surface area contributed by atoms with Gasteiger partial charge in [-0.25, -0.2) is 4.98 Å². The second-order valence-corrected chi connectivity index (χ2v) is 6.54. The van der Waals surface area contributed by atoms with Crippen LogP contribution in [0.2, 0.25) is 0 Å². The smallest absolute Gasteiger partial charge is 0.126 e. The second-order valence-electron chi connectivity index (χ2n) is 4.41. The Labute approximate surface area is 110 Å². The summed E-state index contributed by atoms with van der Waals surface area (Å²) in [6.45, 7) is 3.12. The van der Waals surface area contributed by atoms with Gasteiger partial charge in [0.25, 0.3) is 0 Å². The number of halogens is 1. The van der Waals surface area contributed by atoms with Gasteiger partial charge in [0.1, 0.15) is 5.82 Å². The Hall–Kier alpha value is -0.220. The van der Waals surface area contributed by atoms with Crippen LogP contribution in [0.1, 0.15) is 24.8 Å². The van der Waals surface area contributed by atoms with Gasteiger partial charge in [0, 0.05) is 22.0 Å². The number of hydrogen-bond acceptors (Lipinski definition) is 3. The number of nitrogens with one attached hydrogen (secondary N) is 1. The van der Waals surface area contributed by atoms with E-state index in [1.165, 1.54) is 24.8 Å². The fourth-order valence-corrected chi connectivity index (χ4v) is 3.04. The molecule has 0 amide bonds. The van der Waals surface area contributed by atoms with Gasteiger partial charge in [-0.05, 0) is 53.6 Å². The Bertz CT molecular complexity index is 372. The minimum absolute atomic E-state index is 0.461. The van der Waals surface area contributed by atoms with Gasteiger partial charge in [0.2, 0.25) is 0 Å². The van der Waals surface area contributed by atoms with Crippen molar-refractivity contribution in [1.82, 2.24) is 4.98 Å². The van der Waals surface area contributed by atoms with Crippen LogP contribution in [0, 0.1) is 6.92 Å². The largest absolute Gasteiger partial charge is 0.369 e. The molecule has 0 radical (unpaired) electrons. The summed E-state index contributed by atoms with van der Waals surface area (Å²) in [6, 6.07) is 2.09. The zero-order valence-corrected chi connectivity index (χ0v) is 12.1. The predicted molar refractivity (Wildman–Crippen MR) is 75.3 cm³/mol. The van der Waals surface area contributed by atoms with Crippen molar-refractivity contribution >= 4 is 33.5 Å². The van der Waals surface area contributed by atoms with E-state index in [9.17, 15) is 0 Å². The molecule has 1 heterocycles. The molecule has 0 spiro atoms. The first kappa shape index (κ1) is 12.2. The van der Waals surface area contributed by atoms with Gasteiger partial charge in [-0.15, -0.1) is 0 Å². The van der Waals surface area contributed by atoms with Crippen molar-refractivity contribution in [3.05, 3.63) is 22.3 Å². The normalized spacial score (nSPS) is 17.9. The second kappa shape index (κ2) is 4.96. The molecule has 4 heteroatoms. The molecule has 0 atom stereocenters. The molecule has 0 saturated heterocycles. The first-order chi connectivity index (χ1) is 7.65. The molecule has 1 aliphatic carbocycles. The van der Waals surface area contributed by atoms with Crippen molar-refractivity contribution in [2.24, 2.45) is 0 Å². The third-order valence-corrected chi connectivity index (χ3v) is 5.59. The molecular formula is C12H17BrN2S. The maximum Gasteiger partial charge on any atom is 0.126 e. The Morgan fingerprint density at radius 2 is 2.31 bits per heavy atom. The molecule has 2 nitrogen and oxygen atoms in total. The third kappa shape index (κ3) is 2.54. The van der Waals surface area contributed by atoms with Crippen LogP contribution in [0.25, 0.3) is 0 Å². The summed E-state index contributed by atoms with van der Waals surface area (Å²) in [7, 11) is 0. The summed E-state index contributed by atoms with van der Waals surface area (Å²) in [5.41, 5.74) is 1.23. The van der Waals surface area contributed by atoms with E-state index in [-0.39, 0.29) is 0 Å². The van der Waals surface area contributed by atoms with E-state index in [0.29, 0.717) is 4.75 Å². The molecule has 16 heavy (non-hydrogen) atoms. The van der Waals surface area contributed by atoms with Crippen molar-refractivity contribution in [3.8, 4) is 0 Å². The monoisotopic (exact) mass is 300 g/mol. The van der Waals surface area contributed by atoms with Crippen molar-refractivity contribution in [2.75, 3.05) is 18.1 Å². The van der Waals surface area contributed by atoms with Gasteiger partial charge in [-0.1, -0.05) is 6.42 Å². The minimum Gasteiger partial charge on any atom is -0.369 e. The number of hydrogen-bond donors (Lipinski definition) is 1. The predicted octanol–water partition coefficient (Wildman–Crippen LogP) is 3.85. The summed E-state index contributed by atoms with van der Waals surface area (Å²) in [6.07, 6.45) is 8.11. The highest BCUT2D eigenvalue weighted by molar-refractivity contribution is 9.10. The SMILES string of the molecule is CSC1(CNc2cc(C)c(Br)cn2)CCC1. The Balaban J connectivity index is 1.96. The first-order valence-corrected chi connectivity index (χ1v) is 7.58. The zero-order valence-electron chi connectivity index (χ0n) is 9.72. The number of aryl methyl sites for hydroxylation is 1. The lowest BCUT2D eigenvalue weighted by Crippen LogP contribution is -2.40. The molecule has 1 aliphatic rings. The van der Waals surface area contributed by atoms with E-state index in [1.807, 2.05) is 18.0 Å². The summed E-state index contributed by atoms with van der Waals surface area (Å²) in [5.74, 6) is 0.987. The topological polar surface area (TPSA) is 24.9 Å². The van der Waals surface area contributed by atoms with Crippen LogP contribution in [0.5, 0.6) is 0 Å². The molecule has 0 aliphatic heterocycles. The highest BCUT2D eigenvalue weighted by Gasteiger charge is 2.35. The quantitative estimate of drug-likeness (QED) is 0.914. The van der Waals surface area contributed by atoms with Gasteiger partial charge in [0.15, 0.2) is 0 Å². The van der Waals surface area contributed by atoms with Crippen LogP contribution >= 0.6 is 27.7 Å². The average Bonchev–Trinajstić information content (AvgIpc) is 2.22. The molecule has 0 unspecified atom stereocenters. The zero-order chi connectivity index (χ0) is 11.6. The van der Waals surface area contributed by atoms with E-state index < -0.39 is 0 Å². The molecule has 88 valence electrons. The van der Waals surface area contributed by atoms with Crippen molar-refractivity contribution in [2.45, 2.75) is 30.9 Å². The molecular weight excluding hydrogens is 284 g/mol. The third-order valence-electron chi connectivity index (χ3n) is 3.34. The van der Waals surface area contributed by atoms with Gasteiger partial charge in [0.05, 0.1) is 0 Å². The van der Waals surface area contributed by atoms with Crippen LogP contribution in [-0.4, -0.2) is 22.5 Å². The number of thioether (sulfide) groups is 1. The summed E-state index contributed by atoms with van der Waals surface area (Å²) in [4.78, 5) is 4.37. The Morgan fingerprint density at radius 3 is 2.81 bits per heavy atom. The number of anilines is 1. The molecule has 0 bridgehead atoms. The first-order valence-electron chi connectivity index (χ1n) is 5.56. The lowest BCUT2D eigenvalue weighted by atomic mass is 9.84. The van der Waals surface area contributed by atoms with Crippen molar-refractivity contribution in [1.29, 1.82) is 0 Å². The van der Waals surface area contributed by atoms with Gasteiger partial charge in [-0.2, -0.15) is 11.8 Å². The Kier molecular flexibility index (Phi) is 3.80. The van der Waals surface area contributed by atoms with Crippen molar-refractivity contribution < 1.29 is 0 Å². The summed E-state index contributed by atoms with van der Waals surface area (Å²) >= 11 is 5.45. The van der Waals surface area contributed by atoms with E-state index in [1.54, 1.807) is 0 Å². The van der Waals surface area contributed by atoms with Gasteiger partial charge < -0.3 is 5.32 Å². The van der Waals surface area contributed by atoms with E-state index in [2.05, 4.69) is 45.5 Å². The van der Waals surface area contributed by atoms with Crippen LogP contribution in [0.4, 0.5) is 5.82 Å². The molecule has 2 rings (SSSR count). The number of nitrogens with zero attached hydrogens (tertiary/aromatic N) is 1. The number of aromatic nitrogens is 1. The van der Waals surface area contributed by atoms with Gasteiger partial charge in [-0.3, -0.25) is 0 Å². The van der Waals surface area contributed by atoms with E-state index >= 15 is 0 Å². The molecule has 1 aromatic rings.